The van der Waals surface area contributed by atoms with E-state index in [0.717, 1.165) is 31.6 Å². The highest BCUT2D eigenvalue weighted by Gasteiger charge is 2.24. The van der Waals surface area contributed by atoms with Gasteiger partial charge in [0.15, 0.2) is 0 Å². The van der Waals surface area contributed by atoms with E-state index in [1.807, 2.05) is 0 Å². The minimum absolute atomic E-state index is 0.786. The highest BCUT2D eigenvalue weighted by molar-refractivity contribution is 4.76. The zero-order valence-corrected chi connectivity index (χ0v) is 8.24. The number of piperidine rings is 1. The number of hydrogen-bond acceptors (Lipinski definition) is 3. The third-order valence-corrected chi connectivity index (χ3v) is 3.26. The van der Waals surface area contributed by atoms with Crippen molar-refractivity contribution in [2.75, 3.05) is 39.4 Å². The van der Waals surface area contributed by atoms with Gasteiger partial charge in [0.05, 0.1) is 13.2 Å². The zero-order valence-electron chi connectivity index (χ0n) is 8.24. The van der Waals surface area contributed by atoms with Crippen molar-refractivity contribution < 1.29 is 4.74 Å². The fraction of sp³-hybridized carbons (Fsp3) is 1.00. The molecule has 0 amide bonds. The highest BCUT2D eigenvalue weighted by Crippen LogP contribution is 2.19. The van der Waals surface area contributed by atoms with Crippen molar-refractivity contribution in [3.8, 4) is 0 Å². The number of rotatable bonds is 3. The maximum absolute atomic E-state index is 5.65. The number of hydrogen-bond donors (Lipinski definition) is 1. The Hall–Kier alpha value is -0.120. The van der Waals surface area contributed by atoms with E-state index in [2.05, 4.69) is 4.90 Å². The molecule has 0 radical (unpaired) electrons. The molecule has 0 aliphatic carbocycles. The summed E-state index contributed by atoms with van der Waals surface area (Å²) in [4.78, 5) is 2.57. The third kappa shape index (κ3) is 2.42. The summed E-state index contributed by atoms with van der Waals surface area (Å²) in [6.45, 7) is 6.59. The second-order valence-electron chi connectivity index (χ2n) is 4.38. The van der Waals surface area contributed by atoms with Gasteiger partial charge < -0.3 is 15.4 Å². The largest absolute Gasteiger partial charge is 0.381 e. The van der Waals surface area contributed by atoms with Gasteiger partial charge in [0.2, 0.25) is 0 Å². The van der Waals surface area contributed by atoms with Crippen molar-refractivity contribution >= 4 is 0 Å². The lowest BCUT2D eigenvalue weighted by Crippen LogP contribution is -2.43. The molecule has 2 saturated heterocycles. The van der Waals surface area contributed by atoms with Crippen LogP contribution in [0, 0.1) is 11.8 Å². The summed E-state index contributed by atoms with van der Waals surface area (Å²) in [5.41, 5.74) is 5.65. The lowest BCUT2D eigenvalue weighted by atomic mass is 9.96. The SMILES string of the molecule is NCC1CCN(CC2COC2)CC1. The summed E-state index contributed by atoms with van der Waals surface area (Å²) in [5.74, 6) is 1.60. The van der Waals surface area contributed by atoms with Gasteiger partial charge >= 0.3 is 0 Å². The van der Waals surface area contributed by atoms with Crippen molar-refractivity contribution in [2.45, 2.75) is 12.8 Å². The first-order valence-corrected chi connectivity index (χ1v) is 5.38. The molecule has 0 aromatic carbocycles. The summed E-state index contributed by atoms with van der Waals surface area (Å²) < 4.78 is 5.17. The van der Waals surface area contributed by atoms with Gasteiger partial charge in [0.25, 0.3) is 0 Å². The molecule has 0 bridgehead atoms. The Labute approximate surface area is 80.2 Å². The van der Waals surface area contributed by atoms with Gasteiger partial charge in [0.1, 0.15) is 0 Å². The van der Waals surface area contributed by atoms with Crippen LogP contribution in [0.25, 0.3) is 0 Å². The molecule has 13 heavy (non-hydrogen) atoms. The van der Waals surface area contributed by atoms with E-state index in [-0.39, 0.29) is 0 Å². The molecule has 76 valence electrons. The Bertz CT molecular complexity index is 151. The van der Waals surface area contributed by atoms with E-state index in [1.54, 1.807) is 0 Å². The van der Waals surface area contributed by atoms with Crippen molar-refractivity contribution in [1.82, 2.24) is 4.90 Å². The fourth-order valence-electron chi connectivity index (χ4n) is 2.16. The number of nitrogens with two attached hydrogens (primary N) is 1. The second kappa shape index (κ2) is 4.40. The predicted molar refractivity (Wildman–Crippen MR) is 52.5 cm³/mol. The van der Waals surface area contributed by atoms with E-state index in [9.17, 15) is 0 Å². The fourth-order valence-corrected chi connectivity index (χ4v) is 2.16. The Balaban J connectivity index is 1.65. The Morgan fingerprint density at radius 2 is 1.85 bits per heavy atom. The smallest absolute Gasteiger partial charge is 0.0528 e. The Kier molecular flexibility index (Phi) is 3.19. The van der Waals surface area contributed by atoms with Crippen LogP contribution in [0.1, 0.15) is 12.8 Å². The molecule has 0 aromatic heterocycles. The van der Waals surface area contributed by atoms with Crippen LogP contribution < -0.4 is 5.73 Å². The van der Waals surface area contributed by atoms with Crippen LogP contribution in [-0.4, -0.2) is 44.3 Å². The van der Waals surface area contributed by atoms with Crippen LogP contribution in [0.15, 0.2) is 0 Å². The van der Waals surface area contributed by atoms with Crippen LogP contribution in [0.2, 0.25) is 0 Å². The first-order valence-electron chi connectivity index (χ1n) is 5.38. The van der Waals surface area contributed by atoms with Crippen LogP contribution in [0.4, 0.5) is 0 Å². The summed E-state index contributed by atoms with van der Waals surface area (Å²) in [7, 11) is 0. The van der Waals surface area contributed by atoms with Crippen LogP contribution >= 0.6 is 0 Å². The van der Waals surface area contributed by atoms with Gasteiger partial charge in [-0.05, 0) is 38.4 Å². The number of ether oxygens (including phenoxy) is 1. The topological polar surface area (TPSA) is 38.5 Å². The maximum atomic E-state index is 5.65. The Morgan fingerprint density at radius 3 is 2.31 bits per heavy atom. The monoisotopic (exact) mass is 184 g/mol. The van der Waals surface area contributed by atoms with Gasteiger partial charge in [-0.15, -0.1) is 0 Å². The average Bonchev–Trinajstić information content (AvgIpc) is 2.12. The van der Waals surface area contributed by atoms with E-state index < -0.39 is 0 Å². The van der Waals surface area contributed by atoms with Gasteiger partial charge in [-0.1, -0.05) is 0 Å². The van der Waals surface area contributed by atoms with Crippen molar-refractivity contribution in [3.05, 3.63) is 0 Å². The number of nitrogens with zero attached hydrogens (tertiary/aromatic N) is 1. The lowest BCUT2D eigenvalue weighted by molar-refractivity contribution is -0.0495. The summed E-state index contributed by atoms with van der Waals surface area (Å²) in [6.07, 6.45) is 2.59. The molecule has 2 aliphatic rings. The summed E-state index contributed by atoms with van der Waals surface area (Å²) in [6, 6.07) is 0. The molecule has 2 rings (SSSR count). The van der Waals surface area contributed by atoms with Crippen molar-refractivity contribution in [2.24, 2.45) is 17.6 Å². The molecule has 0 unspecified atom stereocenters. The molecule has 3 heteroatoms. The summed E-state index contributed by atoms with van der Waals surface area (Å²) >= 11 is 0. The van der Waals surface area contributed by atoms with Gasteiger partial charge in [-0.25, -0.2) is 0 Å². The maximum Gasteiger partial charge on any atom is 0.0528 e. The zero-order chi connectivity index (χ0) is 9.10. The van der Waals surface area contributed by atoms with Gasteiger partial charge in [-0.2, -0.15) is 0 Å². The first kappa shape index (κ1) is 9.44. The van der Waals surface area contributed by atoms with E-state index in [4.69, 9.17) is 10.5 Å². The molecule has 2 aliphatic heterocycles. The molecule has 0 saturated carbocycles. The molecule has 2 fully saturated rings. The second-order valence-corrected chi connectivity index (χ2v) is 4.38. The number of likely N-dealkylation sites (tertiary alicyclic amines) is 1. The molecule has 0 spiro atoms. The molecule has 0 atom stereocenters. The molecular formula is C10H20N2O. The quantitative estimate of drug-likeness (QED) is 0.686. The first-order chi connectivity index (χ1) is 6.38. The minimum atomic E-state index is 0.786. The minimum Gasteiger partial charge on any atom is -0.381 e. The molecule has 0 aromatic rings. The van der Waals surface area contributed by atoms with Gasteiger partial charge in [-0.3, -0.25) is 0 Å². The normalized spacial score (nSPS) is 27.5. The molecule has 3 nitrogen and oxygen atoms in total. The van der Waals surface area contributed by atoms with Crippen LogP contribution in [-0.2, 0) is 4.74 Å². The molecule has 2 N–H and O–H groups in total. The average molecular weight is 184 g/mol. The molecule has 2 heterocycles. The lowest BCUT2D eigenvalue weighted by Gasteiger charge is -2.36. The third-order valence-electron chi connectivity index (χ3n) is 3.26. The predicted octanol–water partition coefficient (Wildman–Crippen LogP) is 0.304. The van der Waals surface area contributed by atoms with Crippen LogP contribution in [0.5, 0.6) is 0 Å². The Morgan fingerprint density at radius 1 is 1.15 bits per heavy atom. The van der Waals surface area contributed by atoms with E-state index >= 15 is 0 Å². The van der Waals surface area contributed by atoms with E-state index in [1.165, 1.54) is 32.5 Å². The van der Waals surface area contributed by atoms with Crippen molar-refractivity contribution in [3.63, 3.8) is 0 Å². The standard InChI is InChI=1S/C10H20N2O/c11-5-9-1-3-12(4-2-9)6-10-7-13-8-10/h9-10H,1-8,11H2. The van der Waals surface area contributed by atoms with E-state index in [0.29, 0.717) is 0 Å². The molecular weight excluding hydrogens is 164 g/mol. The summed E-state index contributed by atoms with van der Waals surface area (Å²) in [5, 5.41) is 0. The van der Waals surface area contributed by atoms with Crippen LogP contribution in [0.3, 0.4) is 0 Å². The van der Waals surface area contributed by atoms with Crippen molar-refractivity contribution in [1.29, 1.82) is 0 Å². The van der Waals surface area contributed by atoms with Gasteiger partial charge in [0, 0.05) is 12.5 Å². The highest BCUT2D eigenvalue weighted by atomic mass is 16.5.